The zero-order valence-corrected chi connectivity index (χ0v) is 10.9. The zero-order valence-electron chi connectivity index (χ0n) is 10.9. The molecule has 1 rings (SSSR count). The van der Waals surface area contributed by atoms with Crippen LogP contribution < -0.4 is 0 Å². The molecule has 2 N–H and O–H groups in total. The molecule has 0 amide bonds. The third kappa shape index (κ3) is 4.11. The summed E-state index contributed by atoms with van der Waals surface area (Å²) in [5, 5.41) is 28.2. The van der Waals surface area contributed by atoms with E-state index in [2.05, 4.69) is 4.90 Å². The molecular formula is C14H20N2O2. The molecule has 0 aromatic heterocycles. The number of rotatable bonds is 6. The summed E-state index contributed by atoms with van der Waals surface area (Å²) in [4.78, 5) is 2.07. The van der Waals surface area contributed by atoms with E-state index in [1.54, 1.807) is 18.2 Å². The number of hydrogen-bond acceptors (Lipinski definition) is 4. The van der Waals surface area contributed by atoms with Gasteiger partial charge in [-0.05, 0) is 56.7 Å². The first-order chi connectivity index (χ1) is 8.58. The maximum atomic E-state index is 10.1. The summed E-state index contributed by atoms with van der Waals surface area (Å²) in [6.45, 7) is 0.761. The van der Waals surface area contributed by atoms with Crippen LogP contribution in [0, 0.1) is 11.3 Å². The lowest BCUT2D eigenvalue weighted by atomic mass is 9.97. The van der Waals surface area contributed by atoms with Crippen molar-refractivity contribution in [2.24, 2.45) is 0 Å². The second-order valence-electron chi connectivity index (χ2n) is 4.64. The van der Waals surface area contributed by atoms with Crippen LogP contribution in [0.2, 0.25) is 0 Å². The highest BCUT2D eigenvalue weighted by Crippen LogP contribution is 2.23. The van der Waals surface area contributed by atoms with E-state index in [4.69, 9.17) is 5.26 Å². The van der Waals surface area contributed by atoms with Crippen LogP contribution in [0.15, 0.2) is 18.2 Å². The molecule has 0 saturated heterocycles. The van der Waals surface area contributed by atoms with E-state index in [1.165, 1.54) is 0 Å². The van der Waals surface area contributed by atoms with E-state index in [-0.39, 0.29) is 6.61 Å². The molecule has 0 fully saturated rings. The highest BCUT2D eigenvalue weighted by molar-refractivity contribution is 5.38. The van der Waals surface area contributed by atoms with Gasteiger partial charge in [0, 0.05) is 0 Å². The largest absolute Gasteiger partial charge is 0.392 e. The Morgan fingerprint density at radius 1 is 1.39 bits per heavy atom. The summed E-state index contributed by atoms with van der Waals surface area (Å²) in [6.07, 6.45) is 0.954. The van der Waals surface area contributed by atoms with Crippen LogP contribution in [0.5, 0.6) is 0 Å². The molecule has 1 aromatic rings. The fourth-order valence-electron chi connectivity index (χ4n) is 1.89. The van der Waals surface area contributed by atoms with Gasteiger partial charge in [-0.1, -0.05) is 6.07 Å². The van der Waals surface area contributed by atoms with E-state index >= 15 is 0 Å². The second-order valence-corrected chi connectivity index (χ2v) is 4.64. The van der Waals surface area contributed by atoms with Gasteiger partial charge in [0.25, 0.3) is 0 Å². The Morgan fingerprint density at radius 2 is 2.11 bits per heavy atom. The van der Waals surface area contributed by atoms with Crippen LogP contribution in [0.25, 0.3) is 0 Å². The minimum atomic E-state index is -0.583. The topological polar surface area (TPSA) is 67.5 Å². The molecule has 0 saturated carbocycles. The number of aliphatic hydroxyl groups excluding tert-OH is 2. The van der Waals surface area contributed by atoms with E-state index in [0.717, 1.165) is 18.5 Å². The van der Waals surface area contributed by atoms with Crippen molar-refractivity contribution in [3.05, 3.63) is 34.9 Å². The maximum absolute atomic E-state index is 10.1. The summed E-state index contributed by atoms with van der Waals surface area (Å²) in [7, 11) is 3.99. The Balaban J connectivity index is 2.73. The fourth-order valence-corrected chi connectivity index (χ4v) is 1.89. The van der Waals surface area contributed by atoms with Crippen LogP contribution in [0.4, 0.5) is 0 Å². The summed E-state index contributed by atoms with van der Waals surface area (Å²) in [5.74, 6) is 0. The lowest BCUT2D eigenvalue weighted by Crippen LogP contribution is -2.14. The highest BCUT2D eigenvalue weighted by atomic mass is 16.3. The van der Waals surface area contributed by atoms with Gasteiger partial charge in [-0.3, -0.25) is 0 Å². The smallest absolute Gasteiger partial charge is 0.0991 e. The van der Waals surface area contributed by atoms with E-state index in [1.807, 2.05) is 20.2 Å². The Hall–Kier alpha value is -1.41. The quantitative estimate of drug-likeness (QED) is 0.799. The predicted octanol–water partition coefficient (Wildman–Crippen LogP) is 1.43. The average Bonchev–Trinajstić information content (AvgIpc) is 2.37. The number of nitrogens with zero attached hydrogens (tertiary/aromatic N) is 2. The van der Waals surface area contributed by atoms with Gasteiger partial charge < -0.3 is 15.1 Å². The van der Waals surface area contributed by atoms with Gasteiger partial charge in [-0.25, -0.2) is 0 Å². The molecule has 1 unspecified atom stereocenters. The molecular weight excluding hydrogens is 228 g/mol. The number of nitriles is 1. The van der Waals surface area contributed by atoms with Crippen LogP contribution in [0.3, 0.4) is 0 Å². The first kappa shape index (κ1) is 14.7. The van der Waals surface area contributed by atoms with Crippen molar-refractivity contribution in [3.8, 4) is 6.07 Å². The third-order valence-corrected chi connectivity index (χ3v) is 2.88. The first-order valence-electron chi connectivity index (χ1n) is 6.05. The van der Waals surface area contributed by atoms with E-state index in [0.29, 0.717) is 17.5 Å². The fraction of sp³-hybridized carbons (Fsp3) is 0.500. The van der Waals surface area contributed by atoms with Crippen molar-refractivity contribution in [3.63, 3.8) is 0 Å². The molecule has 1 aromatic carbocycles. The lowest BCUT2D eigenvalue weighted by molar-refractivity contribution is 0.156. The minimum absolute atomic E-state index is 0.157. The van der Waals surface area contributed by atoms with Crippen LogP contribution in [-0.4, -0.2) is 35.8 Å². The molecule has 98 valence electrons. The molecule has 0 radical (unpaired) electrons. The number of aliphatic hydroxyl groups is 2. The van der Waals surface area contributed by atoms with Gasteiger partial charge >= 0.3 is 0 Å². The Labute approximate surface area is 108 Å². The van der Waals surface area contributed by atoms with Gasteiger partial charge in [0.15, 0.2) is 0 Å². The van der Waals surface area contributed by atoms with Crippen molar-refractivity contribution in [1.29, 1.82) is 5.26 Å². The van der Waals surface area contributed by atoms with Gasteiger partial charge in [0.2, 0.25) is 0 Å². The molecule has 0 aliphatic heterocycles. The van der Waals surface area contributed by atoms with Crippen molar-refractivity contribution in [2.45, 2.75) is 25.6 Å². The summed E-state index contributed by atoms with van der Waals surface area (Å²) >= 11 is 0. The lowest BCUT2D eigenvalue weighted by Gasteiger charge is -2.16. The zero-order chi connectivity index (χ0) is 13.5. The maximum Gasteiger partial charge on any atom is 0.0991 e. The molecule has 18 heavy (non-hydrogen) atoms. The Kier molecular flexibility index (Phi) is 5.79. The standard InChI is InChI=1S/C14H20N2O2/c1-16(2)7-3-4-14(18)13-6-5-11(9-15)8-12(13)10-17/h5-6,8,14,17-18H,3-4,7,10H2,1-2H3. The van der Waals surface area contributed by atoms with Crippen molar-refractivity contribution in [2.75, 3.05) is 20.6 Å². The Morgan fingerprint density at radius 3 is 2.67 bits per heavy atom. The molecule has 0 aliphatic carbocycles. The molecule has 4 nitrogen and oxygen atoms in total. The molecule has 0 heterocycles. The van der Waals surface area contributed by atoms with Gasteiger partial charge in [-0.2, -0.15) is 5.26 Å². The summed E-state index contributed by atoms with van der Waals surface area (Å²) in [5.41, 5.74) is 1.85. The molecule has 4 heteroatoms. The van der Waals surface area contributed by atoms with Crippen molar-refractivity contribution >= 4 is 0 Å². The van der Waals surface area contributed by atoms with Gasteiger partial charge in [-0.15, -0.1) is 0 Å². The molecule has 0 bridgehead atoms. The van der Waals surface area contributed by atoms with Crippen molar-refractivity contribution < 1.29 is 10.2 Å². The minimum Gasteiger partial charge on any atom is -0.392 e. The van der Waals surface area contributed by atoms with Crippen LogP contribution in [0.1, 0.15) is 35.6 Å². The predicted molar refractivity (Wildman–Crippen MR) is 69.8 cm³/mol. The monoisotopic (exact) mass is 248 g/mol. The molecule has 1 atom stereocenters. The normalized spacial score (nSPS) is 12.4. The molecule has 0 aliphatic rings. The highest BCUT2D eigenvalue weighted by Gasteiger charge is 2.12. The SMILES string of the molecule is CN(C)CCCC(O)c1ccc(C#N)cc1CO. The Bertz CT molecular complexity index is 424. The number of benzene rings is 1. The van der Waals surface area contributed by atoms with E-state index in [9.17, 15) is 10.2 Å². The van der Waals surface area contributed by atoms with Crippen LogP contribution in [-0.2, 0) is 6.61 Å². The second kappa shape index (κ2) is 7.12. The van der Waals surface area contributed by atoms with Gasteiger partial charge in [0.05, 0.1) is 24.3 Å². The third-order valence-electron chi connectivity index (χ3n) is 2.88. The van der Waals surface area contributed by atoms with Gasteiger partial charge in [0.1, 0.15) is 0 Å². The summed E-state index contributed by atoms with van der Waals surface area (Å²) in [6, 6.07) is 7.05. The summed E-state index contributed by atoms with van der Waals surface area (Å²) < 4.78 is 0. The van der Waals surface area contributed by atoms with E-state index < -0.39 is 6.10 Å². The van der Waals surface area contributed by atoms with Crippen molar-refractivity contribution in [1.82, 2.24) is 4.90 Å². The first-order valence-corrected chi connectivity index (χ1v) is 6.05. The number of hydrogen-bond donors (Lipinski definition) is 2. The average molecular weight is 248 g/mol. The van der Waals surface area contributed by atoms with Crippen LogP contribution >= 0.6 is 0 Å². The molecule has 0 spiro atoms.